The van der Waals surface area contributed by atoms with Crippen molar-refractivity contribution in [1.82, 2.24) is 19.5 Å². The van der Waals surface area contributed by atoms with Gasteiger partial charge in [0.1, 0.15) is 23.9 Å². The monoisotopic (exact) mass is 494 g/mol. The van der Waals surface area contributed by atoms with Crippen molar-refractivity contribution in [2.24, 2.45) is 0 Å². The van der Waals surface area contributed by atoms with Crippen molar-refractivity contribution >= 4 is 41.3 Å². The lowest BCUT2D eigenvalue weighted by molar-refractivity contribution is -0.169. The normalized spacial score (nSPS) is 22.0. The van der Waals surface area contributed by atoms with Crippen LogP contribution >= 0.6 is 12.2 Å². The molecule has 186 valence electrons. The van der Waals surface area contributed by atoms with Crippen molar-refractivity contribution < 1.29 is 33.3 Å². The fourth-order valence-electron chi connectivity index (χ4n) is 3.68. The van der Waals surface area contributed by atoms with Crippen LogP contribution in [0.4, 0.5) is 0 Å². The summed E-state index contributed by atoms with van der Waals surface area (Å²) in [5.41, 5.74) is 0.945. The van der Waals surface area contributed by atoms with Crippen LogP contribution in [0.15, 0.2) is 12.7 Å². The van der Waals surface area contributed by atoms with Gasteiger partial charge in [0.15, 0.2) is 23.1 Å². The molecule has 2 aromatic heterocycles. The summed E-state index contributed by atoms with van der Waals surface area (Å²) >= 11 is 5.24. The number of aromatic amines is 1. The minimum Gasteiger partial charge on any atom is -0.463 e. The number of fused-ring (bicyclic) bond motifs is 1. The lowest BCUT2D eigenvalue weighted by atomic mass is 10.1. The Balaban J connectivity index is 1.97. The van der Waals surface area contributed by atoms with E-state index in [-0.39, 0.29) is 25.9 Å². The highest BCUT2D eigenvalue weighted by Gasteiger charge is 2.51. The summed E-state index contributed by atoms with van der Waals surface area (Å²) in [5, 5.41) is 0. The fraction of sp³-hybridized carbons (Fsp3) is 0.636. The number of carbonyl (C=O) groups is 3. The molecule has 1 saturated heterocycles. The van der Waals surface area contributed by atoms with E-state index < -0.39 is 42.4 Å². The third kappa shape index (κ3) is 5.98. The van der Waals surface area contributed by atoms with Gasteiger partial charge in [0, 0.05) is 19.3 Å². The lowest BCUT2D eigenvalue weighted by Crippen LogP contribution is -2.41. The molecule has 0 unspecified atom stereocenters. The molecule has 2 aromatic rings. The molecular weight excluding hydrogens is 464 g/mol. The van der Waals surface area contributed by atoms with Crippen molar-refractivity contribution in [1.29, 1.82) is 0 Å². The smallest absolute Gasteiger partial charge is 0.306 e. The maximum Gasteiger partial charge on any atom is 0.306 e. The Kier molecular flexibility index (Phi) is 9.11. The number of H-pyrrole nitrogens is 1. The summed E-state index contributed by atoms with van der Waals surface area (Å²) in [6, 6.07) is 0. The first-order chi connectivity index (χ1) is 16.4. The zero-order chi connectivity index (χ0) is 24.7. The Bertz CT molecular complexity index is 1070. The van der Waals surface area contributed by atoms with E-state index in [1.807, 2.05) is 20.8 Å². The summed E-state index contributed by atoms with van der Waals surface area (Å²) in [7, 11) is 0. The van der Waals surface area contributed by atoms with Gasteiger partial charge in [0.25, 0.3) is 0 Å². The highest BCUT2D eigenvalue weighted by Crippen LogP contribution is 2.36. The molecule has 1 N–H and O–H groups in total. The average molecular weight is 495 g/mol. The van der Waals surface area contributed by atoms with Gasteiger partial charge in [-0.1, -0.05) is 33.0 Å². The van der Waals surface area contributed by atoms with Gasteiger partial charge in [0.05, 0.1) is 12.7 Å². The minimum absolute atomic E-state index is 0.161. The van der Waals surface area contributed by atoms with E-state index in [9.17, 15) is 14.4 Å². The molecule has 3 rings (SSSR count). The molecule has 1 aliphatic rings. The number of hydrogen-bond acceptors (Lipinski definition) is 10. The molecule has 0 spiro atoms. The average Bonchev–Trinajstić information content (AvgIpc) is 3.36. The number of carbonyl (C=O) groups excluding carboxylic acids is 3. The summed E-state index contributed by atoms with van der Waals surface area (Å²) in [6.07, 6.45) is 1.60. The van der Waals surface area contributed by atoms with Crippen molar-refractivity contribution in [3.8, 4) is 0 Å². The zero-order valence-corrected chi connectivity index (χ0v) is 20.3. The van der Waals surface area contributed by atoms with E-state index in [2.05, 4.69) is 15.0 Å². The Labute approximate surface area is 202 Å². The maximum atomic E-state index is 12.5. The van der Waals surface area contributed by atoms with Gasteiger partial charge >= 0.3 is 17.9 Å². The molecule has 0 amide bonds. The van der Waals surface area contributed by atoms with Gasteiger partial charge in [-0.15, -0.1) is 0 Å². The van der Waals surface area contributed by atoms with Crippen LogP contribution in [0.3, 0.4) is 0 Å². The highest BCUT2D eigenvalue weighted by atomic mass is 32.1. The van der Waals surface area contributed by atoms with Gasteiger partial charge in [0.2, 0.25) is 0 Å². The van der Waals surface area contributed by atoms with Gasteiger partial charge in [-0.3, -0.25) is 19.0 Å². The van der Waals surface area contributed by atoms with E-state index in [0.717, 1.165) is 0 Å². The van der Waals surface area contributed by atoms with Gasteiger partial charge in [-0.05, 0) is 19.3 Å². The number of imidazole rings is 1. The molecule has 12 heteroatoms. The third-order valence-electron chi connectivity index (χ3n) is 5.25. The van der Waals surface area contributed by atoms with E-state index in [1.165, 1.54) is 12.7 Å². The van der Waals surface area contributed by atoms with Crippen LogP contribution in [-0.4, -0.2) is 62.3 Å². The molecule has 3 heterocycles. The van der Waals surface area contributed by atoms with E-state index >= 15 is 0 Å². The molecule has 4 atom stereocenters. The first kappa shape index (κ1) is 25.8. The molecule has 34 heavy (non-hydrogen) atoms. The zero-order valence-electron chi connectivity index (χ0n) is 19.5. The largest absolute Gasteiger partial charge is 0.463 e. The van der Waals surface area contributed by atoms with Crippen LogP contribution < -0.4 is 0 Å². The standard InChI is InChI=1S/C22H30N4O7S/c1-4-7-14(27)30-10-13-18(32-15(28)8-5-2)19(33-16(29)9-6-3)22(31-13)26-12-25-17-20(26)23-11-24-21(17)34/h11-13,18-19,22H,4-10H2,1-3H3,(H,23,24,34)/t13-,18-,19-,22+/m0/s1. The summed E-state index contributed by atoms with van der Waals surface area (Å²) in [5.74, 6) is -1.31. The lowest BCUT2D eigenvalue weighted by Gasteiger charge is -2.24. The van der Waals surface area contributed by atoms with Crippen LogP contribution in [0.1, 0.15) is 65.5 Å². The van der Waals surface area contributed by atoms with Gasteiger partial charge in [-0.2, -0.15) is 0 Å². The predicted octanol–water partition coefficient (Wildman–Crippen LogP) is 3.15. The van der Waals surface area contributed by atoms with Gasteiger partial charge in [-0.25, -0.2) is 9.97 Å². The van der Waals surface area contributed by atoms with Crippen molar-refractivity contribution in [2.75, 3.05) is 6.61 Å². The first-order valence-corrected chi connectivity index (χ1v) is 11.9. The molecule has 0 bridgehead atoms. The Morgan fingerprint density at radius 2 is 1.62 bits per heavy atom. The molecular formula is C22H30N4O7S. The molecule has 1 aliphatic heterocycles. The van der Waals surface area contributed by atoms with Crippen LogP contribution in [0.2, 0.25) is 0 Å². The molecule has 0 saturated carbocycles. The molecule has 0 aromatic carbocycles. The molecule has 11 nitrogen and oxygen atoms in total. The second-order valence-corrected chi connectivity index (χ2v) is 8.35. The van der Waals surface area contributed by atoms with E-state index in [0.29, 0.717) is 35.1 Å². The number of aromatic nitrogens is 4. The second kappa shape index (κ2) is 12.0. The number of ether oxygens (including phenoxy) is 4. The maximum absolute atomic E-state index is 12.5. The number of rotatable bonds is 11. The first-order valence-electron chi connectivity index (χ1n) is 11.5. The fourth-order valence-corrected chi connectivity index (χ4v) is 3.88. The second-order valence-electron chi connectivity index (χ2n) is 7.96. The quantitative estimate of drug-likeness (QED) is 0.282. The van der Waals surface area contributed by atoms with Crippen LogP contribution in [0, 0.1) is 4.64 Å². The summed E-state index contributed by atoms with van der Waals surface area (Å²) in [4.78, 5) is 48.2. The third-order valence-corrected chi connectivity index (χ3v) is 5.54. The Hall–Kier alpha value is -2.86. The Morgan fingerprint density at radius 3 is 2.26 bits per heavy atom. The molecule has 0 radical (unpaired) electrons. The number of hydrogen-bond donors (Lipinski definition) is 1. The van der Waals surface area contributed by atoms with Crippen LogP contribution in [0.25, 0.3) is 11.2 Å². The Morgan fingerprint density at radius 1 is 1.00 bits per heavy atom. The van der Waals surface area contributed by atoms with Crippen LogP contribution in [-0.2, 0) is 33.3 Å². The number of esters is 3. The number of nitrogens with one attached hydrogen (secondary N) is 1. The molecule has 1 fully saturated rings. The molecule has 0 aliphatic carbocycles. The van der Waals surface area contributed by atoms with Crippen LogP contribution in [0.5, 0.6) is 0 Å². The van der Waals surface area contributed by atoms with Gasteiger partial charge < -0.3 is 23.9 Å². The highest BCUT2D eigenvalue weighted by molar-refractivity contribution is 7.71. The van der Waals surface area contributed by atoms with Crippen molar-refractivity contribution in [3.63, 3.8) is 0 Å². The topological polar surface area (TPSA) is 135 Å². The number of nitrogens with zero attached hydrogens (tertiary/aromatic N) is 3. The summed E-state index contributed by atoms with van der Waals surface area (Å²) < 4.78 is 24.9. The van der Waals surface area contributed by atoms with E-state index in [1.54, 1.807) is 4.57 Å². The minimum atomic E-state index is -0.998. The SMILES string of the molecule is CCCC(=O)OC[C@@H]1O[C@@H](n2cnc3c(=S)nc[nH]c32)[C@@H](OC(=O)CCC)[C@H]1OC(=O)CCC. The predicted molar refractivity (Wildman–Crippen MR) is 122 cm³/mol. The van der Waals surface area contributed by atoms with E-state index in [4.69, 9.17) is 31.2 Å². The summed E-state index contributed by atoms with van der Waals surface area (Å²) in [6.45, 7) is 5.41. The van der Waals surface area contributed by atoms with Crippen molar-refractivity contribution in [3.05, 3.63) is 17.3 Å². The van der Waals surface area contributed by atoms with Crippen molar-refractivity contribution in [2.45, 2.75) is 83.8 Å².